The van der Waals surface area contributed by atoms with Gasteiger partial charge in [0.1, 0.15) is 0 Å². The maximum Gasteiger partial charge on any atom is 0.231 e. The Kier molecular flexibility index (Phi) is 2.04. The van der Waals surface area contributed by atoms with Crippen LogP contribution in [-0.4, -0.2) is 5.91 Å². The van der Waals surface area contributed by atoms with E-state index in [4.69, 9.17) is 0 Å². The molecule has 0 spiro atoms. The molecule has 19 heavy (non-hydrogen) atoms. The fourth-order valence-corrected chi connectivity index (χ4v) is 5.76. The van der Waals surface area contributed by atoms with Gasteiger partial charge in [-0.25, -0.2) is 0 Å². The molecule has 4 atom stereocenters. The number of halogens is 1. The van der Waals surface area contributed by atoms with Gasteiger partial charge in [-0.15, -0.1) is 0 Å². The van der Waals surface area contributed by atoms with E-state index in [0.717, 1.165) is 16.6 Å². The number of fused-ring (bicyclic) bond motifs is 1. The normalized spacial score (nSPS) is 45.3. The fourth-order valence-electron chi connectivity index (χ4n) is 5.49. The van der Waals surface area contributed by atoms with Crippen molar-refractivity contribution < 1.29 is 4.79 Å². The largest absolute Gasteiger partial charge is 0.326 e. The first kappa shape index (κ1) is 12.0. The minimum Gasteiger partial charge on any atom is -0.326 e. The Morgan fingerprint density at radius 1 is 1.32 bits per heavy atom. The summed E-state index contributed by atoms with van der Waals surface area (Å²) in [5.74, 6) is 0.879. The lowest BCUT2D eigenvalue weighted by atomic mass is 9.21. The van der Waals surface area contributed by atoms with Crippen molar-refractivity contribution >= 4 is 27.5 Å². The molecule has 1 aromatic carbocycles. The van der Waals surface area contributed by atoms with E-state index >= 15 is 0 Å². The number of carbonyl (C=O) groups excluding carboxylic acids is 1. The number of anilines is 1. The topological polar surface area (TPSA) is 29.1 Å². The molecular formula is C16H18BrNO. The molecule has 5 aliphatic carbocycles. The van der Waals surface area contributed by atoms with Crippen molar-refractivity contribution in [2.75, 3.05) is 5.32 Å². The van der Waals surface area contributed by atoms with Gasteiger partial charge in [-0.05, 0) is 60.3 Å². The van der Waals surface area contributed by atoms with Crippen LogP contribution in [0, 0.1) is 22.2 Å². The van der Waals surface area contributed by atoms with Crippen LogP contribution in [0.2, 0.25) is 0 Å². The first-order chi connectivity index (χ1) is 8.94. The van der Waals surface area contributed by atoms with Gasteiger partial charge in [-0.1, -0.05) is 29.8 Å². The van der Waals surface area contributed by atoms with E-state index in [1.165, 1.54) is 12.8 Å². The first-order valence-electron chi connectivity index (χ1n) is 7.01. The van der Waals surface area contributed by atoms with Crippen molar-refractivity contribution in [2.24, 2.45) is 22.2 Å². The van der Waals surface area contributed by atoms with Gasteiger partial charge in [0.2, 0.25) is 5.91 Å². The number of hydrogen-bond acceptors (Lipinski definition) is 1. The molecule has 0 aromatic heterocycles. The second-order valence-electron chi connectivity index (χ2n) is 6.95. The van der Waals surface area contributed by atoms with Crippen molar-refractivity contribution in [1.82, 2.24) is 0 Å². The molecule has 0 saturated heterocycles. The Balaban J connectivity index is 1.59. The van der Waals surface area contributed by atoms with Crippen molar-refractivity contribution in [3.8, 4) is 0 Å². The highest BCUT2D eigenvalue weighted by atomic mass is 79.9. The van der Waals surface area contributed by atoms with Crippen molar-refractivity contribution in [2.45, 2.75) is 33.1 Å². The van der Waals surface area contributed by atoms with Gasteiger partial charge in [0.15, 0.2) is 0 Å². The molecule has 0 heterocycles. The maximum absolute atomic E-state index is 12.7. The minimum absolute atomic E-state index is 0.0607. The zero-order chi connectivity index (χ0) is 13.5. The lowest BCUT2D eigenvalue weighted by Crippen LogP contribution is -2.81. The average Bonchev–Trinajstić information content (AvgIpc) is 2.76. The van der Waals surface area contributed by atoms with E-state index in [1.807, 2.05) is 24.3 Å². The van der Waals surface area contributed by atoms with Crippen LogP contribution in [0.25, 0.3) is 0 Å². The zero-order valence-corrected chi connectivity index (χ0v) is 12.9. The summed E-state index contributed by atoms with van der Waals surface area (Å²) in [6, 6.07) is 7.85. The molecule has 4 bridgehead atoms. The molecular weight excluding hydrogens is 302 g/mol. The van der Waals surface area contributed by atoms with Crippen LogP contribution in [0.15, 0.2) is 28.7 Å². The first-order valence-corrected chi connectivity index (χ1v) is 7.80. The number of nitrogens with one attached hydrogen (secondary N) is 1. The molecule has 5 saturated carbocycles. The second kappa shape index (κ2) is 3.25. The standard InChI is InChI=1S/C16H18BrNO/c1-14-9-16(12(14)7-8-15(14,16)2)13(19)18-11-5-3-10(17)4-6-11/h3-6,12H,7-9H2,1-2H3,(H,18,19)/t12-,14+,15-,16-/m1/s1. The number of carbonyl (C=O) groups is 1. The molecule has 5 aliphatic rings. The number of amides is 1. The third-order valence-electron chi connectivity index (χ3n) is 6.70. The minimum atomic E-state index is -0.0607. The monoisotopic (exact) mass is 319 g/mol. The van der Waals surface area contributed by atoms with Gasteiger partial charge in [0, 0.05) is 10.2 Å². The fraction of sp³-hybridized carbons (Fsp3) is 0.562. The van der Waals surface area contributed by atoms with Gasteiger partial charge in [0.25, 0.3) is 0 Å². The predicted octanol–water partition coefficient (Wildman–Crippen LogP) is 4.21. The molecule has 1 N–H and O–H groups in total. The van der Waals surface area contributed by atoms with Crippen LogP contribution >= 0.6 is 15.9 Å². The molecule has 2 nitrogen and oxygen atoms in total. The average molecular weight is 320 g/mol. The highest BCUT2D eigenvalue weighted by Crippen LogP contribution is 2.93. The molecule has 6 rings (SSSR count). The lowest BCUT2D eigenvalue weighted by molar-refractivity contribution is -0.326. The zero-order valence-electron chi connectivity index (χ0n) is 11.3. The van der Waals surface area contributed by atoms with Crippen LogP contribution < -0.4 is 5.32 Å². The van der Waals surface area contributed by atoms with Crippen molar-refractivity contribution in [3.63, 3.8) is 0 Å². The molecule has 3 heteroatoms. The van der Waals surface area contributed by atoms with E-state index < -0.39 is 0 Å². The SMILES string of the molecule is C[C@@]12CC[C@@H]3[C@]1(C)C[C@]32C(=O)Nc1ccc(Br)cc1. The molecule has 100 valence electrons. The summed E-state index contributed by atoms with van der Waals surface area (Å²) in [7, 11) is 0. The smallest absolute Gasteiger partial charge is 0.231 e. The van der Waals surface area contributed by atoms with E-state index in [0.29, 0.717) is 11.3 Å². The Morgan fingerprint density at radius 2 is 2.00 bits per heavy atom. The Labute approximate surface area is 122 Å². The summed E-state index contributed by atoms with van der Waals surface area (Å²) < 4.78 is 1.04. The van der Waals surface area contributed by atoms with Gasteiger partial charge in [-0.3, -0.25) is 4.79 Å². The van der Waals surface area contributed by atoms with Crippen molar-refractivity contribution in [1.29, 1.82) is 0 Å². The number of hydrogen-bond donors (Lipinski definition) is 1. The summed E-state index contributed by atoms with van der Waals surface area (Å²) in [5, 5.41) is 3.13. The molecule has 1 amide bonds. The second-order valence-corrected chi connectivity index (χ2v) is 7.87. The quantitative estimate of drug-likeness (QED) is 0.869. The molecule has 0 radical (unpaired) electrons. The highest BCUT2D eigenvalue weighted by molar-refractivity contribution is 9.10. The lowest BCUT2D eigenvalue weighted by Gasteiger charge is -2.81. The van der Waals surface area contributed by atoms with E-state index in [2.05, 4.69) is 35.1 Å². The number of benzene rings is 1. The summed E-state index contributed by atoms with van der Waals surface area (Å²) in [5.41, 5.74) is 1.55. The van der Waals surface area contributed by atoms with Crippen LogP contribution in [0.3, 0.4) is 0 Å². The summed E-state index contributed by atoms with van der Waals surface area (Å²) in [4.78, 5) is 12.7. The third kappa shape index (κ3) is 1.06. The molecule has 5 fully saturated rings. The summed E-state index contributed by atoms with van der Waals surface area (Å²) in [6.07, 6.45) is 3.55. The predicted molar refractivity (Wildman–Crippen MR) is 78.8 cm³/mol. The van der Waals surface area contributed by atoms with Crippen molar-refractivity contribution in [3.05, 3.63) is 28.7 Å². The Morgan fingerprint density at radius 3 is 2.53 bits per heavy atom. The van der Waals surface area contributed by atoms with E-state index in [1.54, 1.807) is 0 Å². The highest BCUT2D eigenvalue weighted by Gasteiger charge is 2.91. The van der Waals surface area contributed by atoms with Gasteiger partial charge >= 0.3 is 0 Å². The summed E-state index contributed by atoms with van der Waals surface area (Å²) in [6.45, 7) is 4.69. The van der Waals surface area contributed by atoms with Crippen LogP contribution in [0.4, 0.5) is 5.69 Å². The Bertz CT molecular complexity index is 583. The third-order valence-corrected chi connectivity index (χ3v) is 7.22. The van der Waals surface area contributed by atoms with Gasteiger partial charge in [-0.2, -0.15) is 0 Å². The van der Waals surface area contributed by atoms with Crippen LogP contribution in [0.5, 0.6) is 0 Å². The molecule has 0 aliphatic heterocycles. The van der Waals surface area contributed by atoms with Gasteiger partial charge < -0.3 is 5.32 Å². The molecule has 0 unspecified atom stereocenters. The number of rotatable bonds is 2. The summed E-state index contributed by atoms with van der Waals surface area (Å²) >= 11 is 3.42. The maximum atomic E-state index is 12.7. The van der Waals surface area contributed by atoms with E-state index in [9.17, 15) is 4.79 Å². The Hall–Kier alpha value is -0.830. The van der Waals surface area contributed by atoms with Crippen LogP contribution in [-0.2, 0) is 4.79 Å². The van der Waals surface area contributed by atoms with Crippen LogP contribution in [0.1, 0.15) is 33.1 Å². The van der Waals surface area contributed by atoms with E-state index in [-0.39, 0.29) is 16.7 Å². The van der Waals surface area contributed by atoms with Gasteiger partial charge in [0.05, 0.1) is 5.41 Å². The molecule has 1 aromatic rings.